The highest BCUT2D eigenvalue weighted by Gasteiger charge is 2.12. The Labute approximate surface area is 141 Å². The number of amides is 1. The molecular weight excluding hydrogens is 333 g/mol. The summed E-state index contributed by atoms with van der Waals surface area (Å²) in [6, 6.07) is 11.9. The summed E-state index contributed by atoms with van der Waals surface area (Å²) >= 11 is 5.93. The van der Waals surface area contributed by atoms with Crippen LogP contribution in [0.4, 0.5) is 10.2 Å². The van der Waals surface area contributed by atoms with E-state index in [9.17, 15) is 14.0 Å². The summed E-state index contributed by atoms with van der Waals surface area (Å²) in [5, 5.41) is 2.87. The van der Waals surface area contributed by atoms with Crippen molar-refractivity contribution < 1.29 is 9.18 Å². The van der Waals surface area contributed by atoms with E-state index in [-0.39, 0.29) is 11.4 Å². The van der Waals surface area contributed by atoms with E-state index >= 15 is 0 Å². The van der Waals surface area contributed by atoms with Gasteiger partial charge in [0.05, 0.1) is 5.69 Å². The molecular formula is C17H11ClFN3O2. The van der Waals surface area contributed by atoms with Crippen LogP contribution in [-0.2, 0) is 0 Å². The molecule has 0 saturated heterocycles. The summed E-state index contributed by atoms with van der Waals surface area (Å²) < 4.78 is 14.5. The molecule has 0 spiro atoms. The van der Waals surface area contributed by atoms with Gasteiger partial charge in [-0.1, -0.05) is 23.7 Å². The SMILES string of the molecule is O=C(Nc1nccn(-c2cccc(Cl)c2)c1=O)c1cccc(F)c1. The van der Waals surface area contributed by atoms with Gasteiger partial charge in [-0.05, 0) is 36.4 Å². The molecule has 0 saturated carbocycles. The summed E-state index contributed by atoms with van der Waals surface area (Å²) in [6.07, 6.45) is 2.84. The van der Waals surface area contributed by atoms with E-state index in [0.717, 1.165) is 6.07 Å². The van der Waals surface area contributed by atoms with Crippen LogP contribution in [0.15, 0.2) is 65.7 Å². The first-order valence-corrected chi connectivity index (χ1v) is 7.33. The second-order valence-electron chi connectivity index (χ2n) is 4.90. The van der Waals surface area contributed by atoms with E-state index in [1.165, 1.54) is 35.2 Å². The lowest BCUT2D eigenvalue weighted by Gasteiger charge is -2.09. The molecule has 0 unspecified atom stereocenters. The summed E-state index contributed by atoms with van der Waals surface area (Å²) in [7, 11) is 0. The van der Waals surface area contributed by atoms with E-state index in [2.05, 4.69) is 10.3 Å². The van der Waals surface area contributed by atoms with Gasteiger partial charge in [-0.15, -0.1) is 0 Å². The minimum Gasteiger partial charge on any atom is -0.302 e. The van der Waals surface area contributed by atoms with Gasteiger partial charge in [0.1, 0.15) is 5.82 Å². The maximum Gasteiger partial charge on any atom is 0.298 e. The number of rotatable bonds is 3. The molecule has 3 rings (SSSR count). The van der Waals surface area contributed by atoms with Crippen molar-refractivity contribution in [1.29, 1.82) is 0 Å². The number of benzene rings is 2. The highest BCUT2D eigenvalue weighted by Crippen LogP contribution is 2.13. The first-order valence-electron chi connectivity index (χ1n) is 6.95. The van der Waals surface area contributed by atoms with Crippen molar-refractivity contribution in [1.82, 2.24) is 9.55 Å². The number of carbonyl (C=O) groups is 1. The Morgan fingerprint density at radius 3 is 2.71 bits per heavy atom. The van der Waals surface area contributed by atoms with Gasteiger partial charge in [0.25, 0.3) is 11.5 Å². The lowest BCUT2D eigenvalue weighted by Crippen LogP contribution is -2.26. The Balaban J connectivity index is 1.94. The van der Waals surface area contributed by atoms with Crippen LogP contribution in [-0.4, -0.2) is 15.5 Å². The van der Waals surface area contributed by atoms with Gasteiger partial charge in [0.15, 0.2) is 5.82 Å². The molecule has 24 heavy (non-hydrogen) atoms. The minimum atomic E-state index is -0.622. The molecule has 0 bridgehead atoms. The van der Waals surface area contributed by atoms with Gasteiger partial charge in [-0.3, -0.25) is 14.2 Å². The van der Waals surface area contributed by atoms with Gasteiger partial charge in [0.2, 0.25) is 0 Å². The predicted molar refractivity (Wildman–Crippen MR) is 89.2 cm³/mol. The monoisotopic (exact) mass is 343 g/mol. The van der Waals surface area contributed by atoms with Crippen molar-refractivity contribution in [3.63, 3.8) is 0 Å². The molecule has 0 aliphatic heterocycles. The van der Waals surface area contributed by atoms with Crippen molar-refractivity contribution in [2.75, 3.05) is 5.32 Å². The predicted octanol–water partition coefficient (Wildman–Crippen LogP) is 3.28. The van der Waals surface area contributed by atoms with Crippen molar-refractivity contribution in [3.05, 3.63) is 87.7 Å². The third-order valence-electron chi connectivity index (χ3n) is 3.25. The topological polar surface area (TPSA) is 64.0 Å². The van der Waals surface area contributed by atoms with E-state index in [1.54, 1.807) is 24.3 Å². The van der Waals surface area contributed by atoms with Crippen LogP contribution in [0.1, 0.15) is 10.4 Å². The van der Waals surface area contributed by atoms with Gasteiger partial charge >= 0.3 is 0 Å². The zero-order valence-electron chi connectivity index (χ0n) is 12.2. The van der Waals surface area contributed by atoms with Crippen molar-refractivity contribution >= 4 is 23.3 Å². The number of carbonyl (C=O) groups excluding carboxylic acids is 1. The number of hydrogen-bond donors (Lipinski definition) is 1. The molecule has 1 aromatic heterocycles. The molecule has 0 atom stereocenters. The van der Waals surface area contributed by atoms with Crippen molar-refractivity contribution in [2.24, 2.45) is 0 Å². The zero-order valence-corrected chi connectivity index (χ0v) is 13.0. The number of halogens is 2. The maximum atomic E-state index is 13.2. The number of hydrogen-bond acceptors (Lipinski definition) is 3. The highest BCUT2D eigenvalue weighted by atomic mass is 35.5. The molecule has 3 aromatic rings. The quantitative estimate of drug-likeness (QED) is 0.793. The Kier molecular flexibility index (Phi) is 4.39. The molecule has 120 valence electrons. The van der Waals surface area contributed by atoms with E-state index < -0.39 is 17.3 Å². The Morgan fingerprint density at radius 1 is 1.17 bits per heavy atom. The summed E-state index contributed by atoms with van der Waals surface area (Å²) in [4.78, 5) is 28.5. The molecule has 0 fully saturated rings. The summed E-state index contributed by atoms with van der Waals surface area (Å²) in [5.41, 5.74) is 0.107. The molecule has 0 aliphatic carbocycles. The lowest BCUT2D eigenvalue weighted by atomic mass is 10.2. The molecule has 1 N–H and O–H groups in total. The molecule has 7 heteroatoms. The Morgan fingerprint density at radius 2 is 1.96 bits per heavy atom. The molecule has 0 aliphatic rings. The lowest BCUT2D eigenvalue weighted by molar-refractivity contribution is 0.102. The average Bonchev–Trinajstić information content (AvgIpc) is 2.56. The minimum absolute atomic E-state index is 0.0920. The van der Waals surface area contributed by atoms with E-state index in [4.69, 9.17) is 11.6 Å². The maximum absolute atomic E-state index is 13.2. The Bertz CT molecular complexity index is 972. The largest absolute Gasteiger partial charge is 0.302 e. The number of nitrogens with one attached hydrogen (secondary N) is 1. The first-order chi connectivity index (χ1) is 11.5. The second-order valence-corrected chi connectivity index (χ2v) is 5.33. The van der Waals surface area contributed by atoms with Gasteiger partial charge in [0, 0.05) is 23.0 Å². The highest BCUT2D eigenvalue weighted by molar-refractivity contribution is 6.30. The van der Waals surface area contributed by atoms with Crippen molar-refractivity contribution in [3.8, 4) is 5.69 Å². The average molecular weight is 344 g/mol. The fourth-order valence-corrected chi connectivity index (χ4v) is 2.32. The standard InChI is InChI=1S/C17H11ClFN3O2/c18-12-4-2-6-14(10-12)22-8-7-20-15(17(22)24)21-16(23)11-3-1-5-13(19)9-11/h1-10H,(H,20,21,23). The van der Waals surface area contributed by atoms with Crippen LogP contribution >= 0.6 is 11.6 Å². The number of nitrogens with zero attached hydrogens (tertiary/aromatic N) is 2. The van der Waals surface area contributed by atoms with Gasteiger partial charge in [-0.25, -0.2) is 9.37 Å². The van der Waals surface area contributed by atoms with Crippen LogP contribution in [0, 0.1) is 5.82 Å². The third kappa shape index (κ3) is 3.33. The van der Waals surface area contributed by atoms with Crippen LogP contribution in [0.25, 0.3) is 5.69 Å². The van der Waals surface area contributed by atoms with E-state index in [0.29, 0.717) is 10.7 Å². The van der Waals surface area contributed by atoms with Crippen LogP contribution in [0.2, 0.25) is 5.02 Å². The fraction of sp³-hybridized carbons (Fsp3) is 0. The van der Waals surface area contributed by atoms with Crippen LogP contribution < -0.4 is 10.9 Å². The smallest absolute Gasteiger partial charge is 0.298 e. The van der Waals surface area contributed by atoms with Crippen LogP contribution in [0.5, 0.6) is 0 Å². The van der Waals surface area contributed by atoms with Gasteiger partial charge in [-0.2, -0.15) is 0 Å². The fourth-order valence-electron chi connectivity index (χ4n) is 2.14. The normalized spacial score (nSPS) is 10.4. The van der Waals surface area contributed by atoms with Crippen LogP contribution in [0.3, 0.4) is 0 Å². The molecule has 2 aromatic carbocycles. The summed E-state index contributed by atoms with van der Waals surface area (Å²) in [6.45, 7) is 0. The molecule has 1 heterocycles. The number of anilines is 1. The second kappa shape index (κ2) is 6.64. The third-order valence-corrected chi connectivity index (χ3v) is 3.48. The zero-order chi connectivity index (χ0) is 17.1. The molecule has 0 radical (unpaired) electrons. The van der Waals surface area contributed by atoms with Gasteiger partial charge < -0.3 is 5.32 Å². The summed E-state index contributed by atoms with van der Waals surface area (Å²) in [5.74, 6) is -1.32. The Hall–Kier alpha value is -2.99. The van der Waals surface area contributed by atoms with E-state index in [1.807, 2.05) is 0 Å². The van der Waals surface area contributed by atoms with Crippen molar-refractivity contribution in [2.45, 2.75) is 0 Å². The number of aromatic nitrogens is 2. The molecule has 5 nitrogen and oxygen atoms in total. The first kappa shape index (κ1) is 15.9. The molecule has 1 amide bonds.